The van der Waals surface area contributed by atoms with E-state index >= 15 is 0 Å². The maximum absolute atomic E-state index is 12.3. The summed E-state index contributed by atoms with van der Waals surface area (Å²) in [6, 6.07) is 15.8. The van der Waals surface area contributed by atoms with E-state index in [4.69, 9.17) is 4.74 Å². The molecular formula is C22H27NO3. The summed E-state index contributed by atoms with van der Waals surface area (Å²) in [7, 11) is 0. The Balaban J connectivity index is 1.84. The third-order valence-corrected chi connectivity index (χ3v) is 4.36. The molecule has 1 N–H and O–H groups in total. The van der Waals surface area contributed by atoms with Gasteiger partial charge < -0.3 is 10.1 Å². The largest absolute Gasteiger partial charge is 0.449 e. The van der Waals surface area contributed by atoms with Crippen molar-refractivity contribution in [3.8, 4) is 0 Å². The number of esters is 1. The molecule has 0 radical (unpaired) electrons. The van der Waals surface area contributed by atoms with E-state index in [9.17, 15) is 9.59 Å². The molecule has 138 valence electrons. The van der Waals surface area contributed by atoms with E-state index in [0.717, 1.165) is 24.0 Å². The van der Waals surface area contributed by atoms with Crippen molar-refractivity contribution in [3.05, 3.63) is 70.8 Å². The molecule has 0 fully saturated rings. The standard InChI is InChI=1S/C22H27NO3/c1-15-10-11-16(2)20(14-15)22(25)26-18(4)21(24)23-17(3)12-13-19-8-6-5-7-9-19/h5-11,14,17-18H,12-13H2,1-4H3,(H,23,24)/t17-,18+/m1/s1. The van der Waals surface area contributed by atoms with Gasteiger partial charge in [0.15, 0.2) is 6.10 Å². The second-order valence-corrected chi connectivity index (χ2v) is 6.80. The van der Waals surface area contributed by atoms with Crippen molar-refractivity contribution in [2.75, 3.05) is 0 Å². The zero-order chi connectivity index (χ0) is 19.1. The van der Waals surface area contributed by atoms with Crippen LogP contribution in [0.2, 0.25) is 0 Å². The molecule has 26 heavy (non-hydrogen) atoms. The minimum Gasteiger partial charge on any atom is -0.449 e. The fourth-order valence-corrected chi connectivity index (χ4v) is 2.69. The number of carbonyl (C=O) groups is 2. The summed E-state index contributed by atoms with van der Waals surface area (Å²) in [6.45, 7) is 7.33. The Kier molecular flexibility index (Phi) is 6.96. The first-order chi connectivity index (χ1) is 12.4. The second-order valence-electron chi connectivity index (χ2n) is 6.80. The van der Waals surface area contributed by atoms with Crippen LogP contribution in [-0.2, 0) is 16.0 Å². The molecule has 0 unspecified atom stereocenters. The highest BCUT2D eigenvalue weighted by atomic mass is 16.5. The minimum absolute atomic E-state index is 0.00423. The molecular weight excluding hydrogens is 326 g/mol. The van der Waals surface area contributed by atoms with Crippen LogP contribution in [0, 0.1) is 13.8 Å². The number of benzene rings is 2. The number of amides is 1. The van der Waals surface area contributed by atoms with E-state index in [2.05, 4.69) is 17.4 Å². The number of rotatable bonds is 7. The highest BCUT2D eigenvalue weighted by Gasteiger charge is 2.21. The lowest BCUT2D eigenvalue weighted by Crippen LogP contribution is -2.41. The van der Waals surface area contributed by atoms with Gasteiger partial charge in [0.25, 0.3) is 5.91 Å². The Morgan fingerprint density at radius 1 is 1.04 bits per heavy atom. The third-order valence-electron chi connectivity index (χ3n) is 4.36. The van der Waals surface area contributed by atoms with Crippen molar-refractivity contribution in [3.63, 3.8) is 0 Å². The van der Waals surface area contributed by atoms with E-state index < -0.39 is 12.1 Å². The van der Waals surface area contributed by atoms with E-state index in [0.29, 0.717) is 5.56 Å². The fourth-order valence-electron chi connectivity index (χ4n) is 2.69. The number of carbonyl (C=O) groups excluding carboxylic acids is 2. The topological polar surface area (TPSA) is 55.4 Å². The molecule has 0 aromatic heterocycles. The van der Waals surface area contributed by atoms with Crippen molar-refractivity contribution in [2.45, 2.75) is 52.7 Å². The summed E-state index contributed by atoms with van der Waals surface area (Å²) >= 11 is 0. The molecule has 4 nitrogen and oxygen atoms in total. The number of aryl methyl sites for hydroxylation is 3. The van der Waals surface area contributed by atoms with Crippen LogP contribution in [0.4, 0.5) is 0 Å². The Morgan fingerprint density at radius 3 is 2.42 bits per heavy atom. The van der Waals surface area contributed by atoms with E-state index in [1.807, 2.05) is 51.1 Å². The molecule has 1 amide bonds. The first kappa shape index (κ1) is 19.7. The summed E-state index contributed by atoms with van der Waals surface area (Å²) in [5, 5.41) is 2.92. The Labute approximate surface area is 155 Å². The van der Waals surface area contributed by atoms with Crippen LogP contribution < -0.4 is 5.32 Å². The lowest BCUT2D eigenvalue weighted by atomic mass is 10.1. The smallest absolute Gasteiger partial charge is 0.339 e. The average molecular weight is 353 g/mol. The van der Waals surface area contributed by atoms with Gasteiger partial charge in [-0.15, -0.1) is 0 Å². The van der Waals surface area contributed by atoms with Crippen LogP contribution in [0.15, 0.2) is 48.5 Å². The van der Waals surface area contributed by atoms with Crippen molar-refractivity contribution >= 4 is 11.9 Å². The lowest BCUT2D eigenvalue weighted by molar-refractivity contribution is -0.129. The summed E-state index contributed by atoms with van der Waals surface area (Å²) in [4.78, 5) is 24.6. The fraction of sp³-hybridized carbons (Fsp3) is 0.364. The minimum atomic E-state index is -0.832. The summed E-state index contributed by atoms with van der Waals surface area (Å²) in [6.07, 6.45) is 0.883. The predicted octanol–water partition coefficient (Wildman–Crippen LogP) is 3.99. The molecule has 2 atom stereocenters. The monoisotopic (exact) mass is 353 g/mol. The van der Waals surface area contributed by atoms with Crippen molar-refractivity contribution < 1.29 is 14.3 Å². The zero-order valence-electron chi connectivity index (χ0n) is 15.9. The Hall–Kier alpha value is -2.62. The number of hydrogen-bond acceptors (Lipinski definition) is 3. The van der Waals surface area contributed by atoms with Crippen LogP contribution in [0.1, 0.15) is 47.3 Å². The molecule has 0 bridgehead atoms. The first-order valence-electron chi connectivity index (χ1n) is 8.99. The van der Waals surface area contributed by atoms with E-state index in [-0.39, 0.29) is 11.9 Å². The van der Waals surface area contributed by atoms with Crippen LogP contribution in [0.25, 0.3) is 0 Å². The van der Waals surface area contributed by atoms with Gasteiger partial charge in [-0.3, -0.25) is 4.79 Å². The van der Waals surface area contributed by atoms with Crippen LogP contribution >= 0.6 is 0 Å². The van der Waals surface area contributed by atoms with Crippen LogP contribution in [-0.4, -0.2) is 24.0 Å². The Morgan fingerprint density at radius 2 is 1.73 bits per heavy atom. The SMILES string of the molecule is Cc1ccc(C)c(C(=O)O[C@@H](C)C(=O)N[C@H](C)CCc2ccccc2)c1. The molecule has 0 aliphatic rings. The molecule has 4 heteroatoms. The van der Waals surface area contributed by atoms with Crippen molar-refractivity contribution in [1.82, 2.24) is 5.32 Å². The molecule has 0 aliphatic heterocycles. The van der Waals surface area contributed by atoms with Gasteiger partial charge in [0, 0.05) is 6.04 Å². The third kappa shape index (κ3) is 5.73. The van der Waals surface area contributed by atoms with Crippen LogP contribution in [0.5, 0.6) is 0 Å². The highest BCUT2D eigenvalue weighted by molar-refractivity contribution is 5.93. The van der Waals surface area contributed by atoms with Gasteiger partial charge in [-0.2, -0.15) is 0 Å². The zero-order valence-corrected chi connectivity index (χ0v) is 15.9. The molecule has 2 rings (SSSR count). The Bertz CT molecular complexity index is 755. The number of hydrogen-bond donors (Lipinski definition) is 1. The number of nitrogens with one attached hydrogen (secondary N) is 1. The molecule has 2 aromatic carbocycles. The molecule has 0 saturated carbocycles. The first-order valence-corrected chi connectivity index (χ1v) is 8.99. The normalized spacial score (nSPS) is 12.9. The molecule has 2 aromatic rings. The maximum atomic E-state index is 12.3. The van der Waals surface area contributed by atoms with Gasteiger partial charge in [-0.1, -0.05) is 48.0 Å². The molecule has 0 heterocycles. The summed E-state index contributed by atoms with van der Waals surface area (Å²) < 4.78 is 5.35. The maximum Gasteiger partial charge on any atom is 0.339 e. The van der Waals surface area contributed by atoms with Gasteiger partial charge in [0.05, 0.1) is 5.56 Å². The summed E-state index contributed by atoms with van der Waals surface area (Å²) in [5.41, 5.74) is 3.56. The quantitative estimate of drug-likeness (QED) is 0.766. The van der Waals surface area contributed by atoms with Gasteiger partial charge in [0.1, 0.15) is 0 Å². The number of ether oxygens (including phenoxy) is 1. The van der Waals surface area contributed by atoms with Gasteiger partial charge >= 0.3 is 5.97 Å². The van der Waals surface area contributed by atoms with Crippen molar-refractivity contribution in [2.24, 2.45) is 0 Å². The second kappa shape index (κ2) is 9.18. The van der Waals surface area contributed by atoms with E-state index in [1.54, 1.807) is 13.0 Å². The molecule has 0 saturated heterocycles. The van der Waals surface area contributed by atoms with Gasteiger partial charge in [-0.25, -0.2) is 4.79 Å². The predicted molar refractivity (Wildman–Crippen MR) is 103 cm³/mol. The van der Waals surface area contributed by atoms with E-state index in [1.165, 1.54) is 5.56 Å². The summed E-state index contributed by atoms with van der Waals surface area (Å²) in [5.74, 6) is -0.741. The highest BCUT2D eigenvalue weighted by Crippen LogP contribution is 2.13. The average Bonchev–Trinajstić information content (AvgIpc) is 2.62. The van der Waals surface area contributed by atoms with Crippen molar-refractivity contribution in [1.29, 1.82) is 0 Å². The van der Waals surface area contributed by atoms with Crippen LogP contribution in [0.3, 0.4) is 0 Å². The molecule has 0 spiro atoms. The molecule has 0 aliphatic carbocycles. The van der Waals surface area contributed by atoms with Gasteiger partial charge in [0.2, 0.25) is 0 Å². The van der Waals surface area contributed by atoms with Gasteiger partial charge in [-0.05, 0) is 57.7 Å². The lowest BCUT2D eigenvalue weighted by Gasteiger charge is -2.18.